The van der Waals surface area contributed by atoms with Gasteiger partial charge in [-0.3, -0.25) is 9.59 Å². The van der Waals surface area contributed by atoms with E-state index < -0.39 is 0 Å². The quantitative estimate of drug-likeness (QED) is 0.532. The van der Waals surface area contributed by atoms with Crippen LogP contribution < -0.4 is 4.90 Å². The van der Waals surface area contributed by atoms with Crippen molar-refractivity contribution in [3.8, 4) is 0 Å². The first-order chi connectivity index (χ1) is 13.7. The molecule has 0 aliphatic carbocycles. The van der Waals surface area contributed by atoms with Crippen LogP contribution in [0, 0.1) is 0 Å². The van der Waals surface area contributed by atoms with Crippen molar-refractivity contribution in [3.63, 3.8) is 0 Å². The van der Waals surface area contributed by atoms with Crippen LogP contribution in [0.25, 0.3) is 0 Å². The van der Waals surface area contributed by atoms with Gasteiger partial charge in [-0.05, 0) is 54.3 Å². The summed E-state index contributed by atoms with van der Waals surface area (Å²) in [5, 5.41) is 0. The summed E-state index contributed by atoms with van der Waals surface area (Å²) in [5.74, 6) is 0.751. The molecule has 1 amide bonds. The van der Waals surface area contributed by atoms with Gasteiger partial charge in [-0.15, -0.1) is 11.8 Å². The SMILES string of the molecule is CC(=O)c1ccc(N2CCN(C(=O)CSc3ccc(C(C)(C)C)cc3)CC2)cc1. The maximum Gasteiger partial charge on any atom is 0.233 e. The lowest BCUT2D eigenvalue weighted by Crippen LogP contribution is -2.49. The number of rotatable bonds is 5. The van der Waals surface area contributed by atoms with Gasteiger partial charge in [-0.2, -0.15) is 0 Å². The van der Waals surface area contributed by atoms with Crippen molar-refractivity contribution in [1.29, 1.82) is 0 Å². The average molecular weight is 411 g/mol. The van der Waals surface area contributed by atoms with Crippen molar-refractivity contribution in [2.75, 3.05) is 36.8 Å². The van der Waals surface area contributed by atoms with Crippen LogP contribution in [0.3, 0.4) is 0 Å². The highest BCUT2D eigenvalue weighted by molar-refractivity contribution is 8.00. The molecule has 5 heteroatoms. The van der Waals surface area contributed by atoms with Gasteiger partial charge in [0.1, 0.15) is 0 Å². The number of piperazine rings is 1. The molecule has 0 bridgehead atoms. The van der Waals surface area contributed by atoms with E-state index in [4.69, 9.17) is 0 Å². The molecule has 1 aliphatic heterocycles. The number of benzene rings is 2. The summed E-state index contributed by atoms with van der Waals surface area (Å²) in [6, 6.07) is 16.3. The fourth-order valence-corrected chi connectivity index (χ4v) is 4.21. The molecule has 2 aromatic carbocycles. The van der Waals surface area contributed by atoms with E-state index in [-0.39, 0.29) is 17.1 Å². The Morgan fingerprint density at radius 3 is 2.00 bits per heavy atom. The molecular weight excluding hydrogens is 380 g/mol. The summed E-state index contributed by atoms with van der Waals surface area (Å²) in [6.07, 6.45) is 0. The number of amides is 1. The first kappa shape index (κ1) is 21.4. The Morgan fingerprint density at radius 2 is 1.48 bits per heavy atom. The molecule has 1 saturated heterocycles. The topological polar surface area (TPSA) is 40.6 Å². The molecule has 0 radical (unpaired) electrons. The molecule has 1 heterocycles. The van der Waals surface area contributed by atoms with Crippen molar-refractivity contribution < 1.29 is 9.59 Å². The van der Waals surface area contributed by atoms with Gasteiger partial charge >= 0.3 is 0 Å². The zero-order valence-electron chi connectivity index (χ0n) is 17.8. The Kier molecular flexibility index (Phi) is 6.68. The van der Waals surface area contributed by atoms with Gasteiger partial charge in [-0.1, -0.05) is 32.9 Å². The number of anilines is 1. The number of carbonyl (C=O) groups is 2. The smallest absolute Gasteiger partial charge is 0.233 e. The first-order valence-corrected chi connectivity index (χ1v) is 11.1. The van der Waals surface area contributed by atoms with E-state index in [1.807, 2.05) is 29.2 Å². The van der Waals surface area contributed by atoms with E-state index in [9.17, 15) is 9.59 Å². The third-order valence-corrected chi connectivity index (χ3v) is 6.35. The minimum Gasteiger partial charge on any atom is -0.368 e. The maximum atomic E-state index is 12.6. The summed E-state index contributed by atoms with van der Waals surface area (Å²) in [5.41, 5.74) is 3.29. The highest BCUT2D eigenvalue weighted by Crippen LogP contribution is 2.26. The second-order valence-electron chi connectivity index (χ2n) is 8.53. The number of carbonyl (C=O) groups excluding carboxylic acids is 2. The van der Waals surface area contributed by atoms with Crippen LogP contribution >= 0.6 is 11.8 Å². The monoisotopic (exact) mass is 410 g/mol. The van der Waals surface area contributed by atoms with E-state index in [2.05, 4.69) is 49.9 Å². The van der Waals surface area contributed by atoms with Crippen molar-refractivity contribution in [3.05, 3.63) is 59.7 Å². The number of hydrogen-bond acceptors (Lipinski definition) is 4. The molecule has 1 aliphatic rings. The predicted octanol–water partition coefficient (Wildman–Crippen LogP) is 4.63. The normalized spacial score (nSPS) is 14.8. The summed E-state index contributed by atoms with van der Waals surface area (Å²) >= 11 is 1.61. The third kappa shape index (κ3) is 5.63. The lowest BCUT2D eigenvalue weighted by Gasteiger charge is -2.36. The molecule has 0 aromatic heterocycles. The van der Waals surface area contributed by atoms with Gasteiger partial charge in [0.05, 0.1) is 5.75 Å². The van der Waals surface area contributed by atoms with Gasteiger partial charge in [0.2, 0.25) is 5.91 Å². The van der Waals surface area contributed by atoms with Gasteiger partial charge < -0.3 is 9.80 Å². The lowest BCUT2D eigenvalue weighted by atomic mass is 9.87. The van der Waals surface area contributed by atoms with Crippen LogP contribution in [-0.4, -0.2) is 48.5 Å². The molecule has 3 rings (SSSR count). The number of ketones is 1. The Labute approximate surface area is 178 Å². The minimum atomic E-state index is 0.0810. The highest BCUT2D eigenvalue weighted by Gasteiger charge is 2.21. The predicted molar refractivity (Wildman–Crippen MR) is 121 cm³/mol. The molecule has 2 aromatic rings. The molecule has 0 unspecified atom stereocenters. The van der Waals surface area contributed by atoms with E-state index >= 15 is 0 Å². The number of hydrogen-bond donors (Lipinski definition) is 0. The summed E-state index contributed by atoms with van der Waals surface area (Å²) in [7, 11) is 0. The van der Waals surface area contributed by atoms with Crippen molar-refractivity contribution in [1.82, 2.24) is 4.90 Å². The Balaban J connectivity index is 1.48. The molecule has 0 saturated carbocycles. The Bertz CT molecular complexity index is 846. The fourth-order valence-electron chi connectivity index (χ4n) is 3.41. The third-order valence-electron chi connectivity index (χ3n) is 5.35. The van der Waals surface area contributed by atoms with E-state index in [1.165, 1.54) is 5.56 Å². The van der Waals surface area contributed by atoms with E-state index in [0.29, 0.717) is 5.75 Å². The molecule has 0 atom stereocenters. The van der Waals surface area contributed by atoms with E-state index in [0.717, 1.165) is 42.3 Å². The van der Waals surface area contributed by atoms with Crippen molar-refractivity contribution in [2.24, 2.45) is 0 Å². The fraction of sp³-hybridized carbons (Fsp3) is 0.417. The zero-order valence-corrected chi connectivity index (χ0v) is 18.6. The second-order valence-corrected chi connectivity index (χ2v) is 9.58. The Hall–Kier alpha value is -2.27. The van der Waals surface area contributed by atoms with Crippen LogP contribution in [0.2, 0.25) is 0 Å². The molecule has 154 valence electrons. The summed E-state index contributed by atoms with van der Waals surface area (Å²) < 4.78 is 0. The minimum absolute atomic E-state index is 0.0810. The van der Waals surface area contributed by atoms with Gasteiger partial charge in [-0.25, -0.2) is 0 Å². The van der Waals surface area contributed by atoms with Crippen molar-refractivity contribution >= 4 is 29.1 Å². The number of nitrogens with zero attached hydrogens (tertiary/aromatic N) is 2. The molecule has 0 N–H and O–H groups in total. The summed E-state index contributed by atoms with van der Waals surface area (Å²) in [4.78, 5) is 29.4. The number of Topliss-reactive ketones (excluding diaryl/α,β-unsaturated/α-hetero) is 1. The standard InChI is InChI=1S/C24H30N2O2S/c1-18(27)19-5-9-21(10-6-19)25-13-15-26(16-14-25)23(28)17-29-22-11-7-20(8-12-22)24(2,3)4/h5-12H,13-17H2,1-4H3. The van der Waals surface area contributed by atoms with E-state index in [1.54, 1.807) is 18.7 Å². The summed E-state index contributed by atoms with van der Waals surface area (Å²) in [6.45, 7) is 11.3. The molecule has 29 heavy (non-hydrogen) atoms. The maximum absolute atomic E-state index is 12.6. The Morgan fingerprint density at radius 1 is 0.897 bits per heavy atom. The van der Waals surface area contributed by atoms with Crippen LogP contribution in [0.1, 0.15) is 43.6 Å². The van der Waals surface area contributed by atoms with Crippen molar-refractivity contribution in [2.45, 2.75) is 38.0 Å². The van der Waals surface area contributed by atoms with Gasteiger partial charge in [0, 0.05) is 42.3 Å². The van der Waals surface area contributed by atoms with Gasteiger partial charge in [0.15, 0.2) is 5.78 Å². The molecule has 4 nitrogen and oxygen atoms in total. The van der Waals surface area contributed by atoms with Crippen LogP contribution in [-0.2, 0) is 10.2 Å². The number of thioether (sulfide) groups is 1. The second kappa shape index (κ2) is 9.04. The molecule has 0 spiro atoms. The van der Waals surface area contributed by atoms with Gasteiger partial charge in [0.25, 0.3) is 0 Å². The molecule has 1 fully saturated rings. The lowest BCUT2D eigenvalue weighted by molar-refractivity contribution is -0.128. The van der Waals surface area contributed by atoms with Crippen LogP contribution in [0.15, 0.2) is 53.4 Å². The highest BCUT2D eigenvalue weighted by atomic mass is 32.2. The molecular formula is C24H30N2O2S. The largest absolute Gasteiger partial charge is 0.368 e. The van der Waals surface area contributed by atoms with Crippen LogP contribution in [0.5, 0.6) is 0 Å². The zero-order chi connectivity index (χ0) is 21.0. The first-order valence-electron chi connectivity index (χ1n) is 10.1. The van der Waals surface area contributed by atoms with Crippen LogP contribution in [0.4, 0.5) is 5.69 Å². The average Bonchev–Trinajstić information content (AvgIpc) is 2.72.